The number of hydrogen-bond acceptors (Lipinski definition) is 9. The van der Waals surface area contributed by atoms with Gasteiger partial charge in [0.1, 0.15) is 5.82 Å². The number of epoxide rings is 1. The van der Waals surface area contributed by atoms with E-state index in [1.165, 1.54) is 0 Å². The van der Waals surface area contributed by atoms with Crippen LogP contribution in [-0.2, 0) is 20.7 Å². The maximum atomic E-state index is 13.9. The van der Waals surface area contributed by atoms with E-state index in [2.05, 4.69) is 17.2 Å². The summed E-state index contributed by atoms with van der Waals surface area (Å²) in [6.45, 7) is 7.24. The zero-order valence-corrected chi connectivity index (χ0v) is 24.2. The van der Waals surface area contributed by atoms with Crippen LogP contribution < -0.4 is 11.1 Å². The van der Waals surface area contributed by atoms with Gasteiger partial charge in [0.05, 0.1) is 13.2 Å². The van der Waals surface area contributed by atoms with E-state index >= 15 is 0 Å². The summed E-state index contributed by atoms with van der Waals surface area (Å²) in [5, 5.41) is 13.7. The Morgan fingerprint density at radius 3 is 2.56 bits per heavy atom. The van der Waals surface area contributed by atoms with Gasteiger partial charge in [-0.1, -0.05) is 56.5 Å². The van der Waals surface area contributed by atoms with Crippen LogP contribution in [0.25, 0.3) is 0 Å². The number of hydrogen-bond donors (Lipinski definition) is 3. The minimum Gasteiger partial charge on any atom is -0.463 e. The molecule has 1 aliphatic carbocycles. The topological polar surface area (TPSA) is 144 Å². The molecule has 3 atom stereocenters. The Bertz CT molecular complexity index is 1320. The number of rotatable bonds is 15. The summed E-state index contributed by atoms with van der Waals surface area (Å²) in [5.41, 5.74) is 4.74. The number of esters is 1. The van der Waals surface area contributed by atoms with E-state index in [-0.39, 0.29) is 36.7 Å². The van der Waals surface area contributed by atoms with E-state index in [0.717, 1.165) is 36.9 Å². The smallest absolute Gasteiger partial charge is 0.350 e. The Morgan fingerprint density at radius 2 is 1.90 bits per heavy atom. The summed E-state index contributed by atoms with van der Waals surface area (Å²) in [6.07, 6.45) is 5.64. The fourth-order valence-electron chi connectivity index (χ4n) is 5.68. The molecule has 0 spiro atoms. The average Bonchev–Trinajstić information content (AvgIpc) is 3.68. The molecule has 1 aromatic heterocycles. The second-order valence-electron chi connectivity index (χ2n) is 11.0. The van der Waals surface area contributed by atoms with Gasteiger partial charge in [-0.15, -0.1) is 0 Å². The normalized spacial score (nSPS) is 22.4. The van der Waals surface area contributed by atoms with Crippen molar-refractivity contribution < 1.29 is 29.0 Å². The molecule has 41 heavy (non-hydrogen) atoms. The van der Waals surface area contributed by atoms with Gasteiger partial charge in [-0.2, -0.15) is 0 Å². The lowest BCUT2D eigenvalue weighted by Crippen LogP contribution is -2.51. The quantitative estimate of drug-likeness (QED) is 0.127. The lowest BCUT2D eigenvalue weighted by Gasteiger charge is -2.26. The zero-order valence-electron chi connectivity index (χ0n) is 24.2. The second-order valence-corrected chi connectivity index (χ2v) is 11.0. The van der Waals surface area contributed by atoms with Gasteiger partial charge in [0, 0.05) is 36.2 Å². The van der Waals surface area contributed by atoms with Crippen molar-refractivity contribution in [3.63, 3.8) is 0 Å². The van der Waals surface area contributed by atoms with E-state index in [1.807, 2.05) is 19.9 Å². The van der Waals surface area contributed by atoms with Crippen LogP contribution in [0.1, 0.15) is 79.2 Å². The number of Topliss-reactive ketones (excluding diaryl/α,β-unsaturated/α-hetero) is 2. The highest BCUT2D eigenvalue weighted by molar-refractivity contribution is 6.32. The number of aryl methyl sites for hydroxylation is 1. The Balaban J connectivity index is 1.61. The molecule has 2 aliphatic rings. The number of ketones is 2. The predicted octanol–water partition coefficient (Wildman–Crippen LogP) is 3.84. The summed E-state index contributed by atoms with van der Waals surface area (Å²) in [4.78, 5) is 45.5. The van der Waals surface area contributed by atoms with Crippen molar-refractivity contribution in [2.24, 2.45) is 5.92 Å². The molecule has 4 rings (SSSR count). The number of anilines is 1. The number of aromatic nitrogens is 1. The van der Waals surface area contributed by atoms with Crippen molar-refractivity contribution in [3.8, 4) is 0 Å². The molecule has 0 unspecified atom stereocenters. The van der Waals surface area contributed by atoms with Crippen molar-refractivity contribution in [3.05, 3.63) is 70.4 Å². The number of pyridine rings is 1. The van der Waals surface area contributed by atoms with Crippen LogP contribution in [0.15, 0.2) is 53.7 Å². The largest absolute Gasteiger partial charge is 0.463 e. The third-order valence-electron chi connectivity index (χ3n) is 8.23. The summed E-state index contributed by atoms with van der Waals surface area (Å²) in [7, 11) is 0. The number of nitrogens with two attached hydrogens (primary N) is 1. The maximum Gasteiger partial charge on any atom is 0.350 e. The summed E-state index contributed by atoms with van der Waals surface area (Å²) < 4.78 is 11.8. The molecular formula is C32H41N3O6. The first-order chi connectivity index (χ1) is 19.7. The molecule has 1 saturated heterocycles. The van der Waals surface area contributed by atoms with Crippen molar-refractivity contribution in [2.75, 3.05) is 32.0 Å². The minimum absolute atomic E-state index is 0.0717. The number of nitrogens with one attached hydrogen (secondary N) is 1. The number of benzene rings is 1. The van der Waals surface area contributed by atoms with Gasteiger partial charge in [0.2, 0.25) is 5.78 Å². The van der Waals surface area contributed by atoms with Gasteiger partial charge in [-0.3, -0.25) is 9.59 Å². The summed E-state index contributed by atoms with van der Waals surface area (Å²) >= 11 is 0. The van der Waals surface area contributed by atoms with Gasteiger partial charge in [0.25, 0.3) is 5.60 Å². The monoisotopic (exact) mass is 563 g/mol. The number of unbranched alkanes of at least 4 members (excludes halogenated alkanes) is 1. The first-order valence-corrected chi connectivity index (χ1v) is 14.5. The third kappa shape index (κ3) is 5.98. The fraction of sp³-hybridized carbons (Fsp3) is 0.500. The van der Waals surface area contributed by atoms with Crippen molar-refractivity contribution in [2.45, 2.75) is 70.5 Å². The Labute approximate surface area is 241 Å². The molecule has 0 bridgehead atoms. The number of aliphatic hydroxyl groups excluding tert-OH is 1. The predicted molar refractivity (Wildman–Crippen MR) is 156 cm³/mol. The highest BCUT2D eigenvalue weighted by atomic mass is 16.7. The molecule has 1 aromatic carbocycles. The number of aliphatic hydroxyl groups is 1. The molecule has 0 saturated carbocycles. The Morgan fingerprint density at radius 1 is 1.17 bits per heavy atom. The van der Waals surface area contributed by atoms with Gasteiger partial charge in [-0.05, 0) is 56.0 Å². The second kappa shape index (κ2) is 13.1. The molecule has 1 aliphatic heterocycles. The molecule has 9 heteroatoms. The number of ether oxygens (including phenoxy) is 2. The van der Waals surface area contributed by atoms with Crippen LogP contribution in [-0.4, -0.2) is 65.1 Å². The van der Waals surface area contributed by atoms with Crippen LogP contribution in [0.5, 0.6) is 0 Å². The Hall–Kier alpha value is -3.40. The number of carbonyl (C=O) groups is 3. The lowest BCUT2D eigenvalue weighted by molar-refractivity contribution is -0.149. The molecule has 9 nitrogen and oxygen atoms in total. The van der Waals surface area contributed by atoms with Crippen molar-refractivity contribution >= 4 is 23.4 Å². The molecule has 1 fully saturated rings. The van der Waals surface area contributed by atoms with Crippen molar-refractivity contribution in [1.29, 1.82) is 0 Å². The van der Waals surface area contributed by atoms with Crippen LogP contribution in [0.4, 0.5) is 5.82 Å². The minimum atomic E-state index is -2.06. The first kappa shape index (κ1) is 30.6. The SMILES string of the molecule is CCCC[C@H](CNCC)COC(=O)[C@]12O[C@@]1(C/C(CO)=C(\C)CCc1ccnc(N)c1)C(=O)c1ccccc1C2=O. The van der Waals surface area contributed by atoms with Crippen LogP contribution in [0, 0.1) is 5.92 Å². The van der Waals surface area contributed by atoms with Gasteiger partial charge in [-0.25, -0.2) is 9.78 Å². The van der Waals surface area contributed by atoms with Crippen LogP contribution >= 0.6 is 0 Å². The highest BCUT2D eigenvalue weighted by Crippen LogP contribution is 2.59. The summed E-state index contributed by atoms with van der Waals surface area (Å²) in [6, 6.07) is 10.1. The molecule has 0 amide bonds. The fourth-order valence-corrected chi connectivity index (χ4v) is 5.68. The number of carbonyl (C=O) groups excluding carboxylic acids is 3. The van der Waals surface area contributed by atoms with Crippen LogP contribution in [0.3, 0.4) is 0 Å². The van der Waals surface area contributed by atoms with E-state index < -0.39 is 28.7 Å². The average molecular weight is 564 g/mol. The first-order valence-electron chi connectivity index (χ1n) is 14.5. The molecule has 2 heterocycles. The maximum absolute atomic E-state index is 13.9. The number of nitrogens with zero attached hydrogens (tertiary/aromatic N) is 1. The molecular weight excluding hydrogens is 522 g/mol. The van der Waals surface area contributed by atoms with E-state index in [9.17, 15) is 19.5 Å². The van der Waals surface area contributed by atoms with E-state index in [1.54, 1.807) is 36.5 Å². The summed E-state index contributed by atoms with van der Waals surface area (Å²) in [5.74, 6) is -1.36. The van der Waals surface area contributed by atoms with E-state index in [0.29, 0.717) is 30.8 Å². The number of nitrogen functional groups attached to an aromatic ring is 1. The lowest BCUT2D eigenvalue weighted by atomic mass is 9.71. The van der Waals surface area contributed by atoms with Gasteiger partial charge < -0.3 is 25.6 Å². The molecule has 0 radical (unpaired) electrons. The van der Waals surface area contributed by atoms with Gasteiger partial charge in [0.15, 0.2) is 11.4 Å². The van der Waals surface area contributed by atoms with Crippen LogP contribution in [0.2, 0.25) is 0 Å². The van der Waals surface area contributed by atoms with Crippen molar-refractivity contribution in [1.82, 2.24) is 10.3 Å². The highest BCUT2D eigenvalue weighted by Gasteiger charge is 2.85. The number of fused-ring (bicyclic) bond motifs is 2. The Kier molecular flexibility index (Phi) is 9.73. The third-order valence-corrected chi connectivity index (χ3v) is 8.23. The molecule has 4 N–H and O–H groups in total. The molecule has 220 valence electrons. The van der Waals surface area contributed by atoms with Gasteiger partial charge >= 0.3 is 5.97 Å². The zero-order chi connectivity index (χ0) is 29.6. The standard InChI is InChI=1S/C32H41N3O6/c1-4-6-9-23(18-34-5-2)20-40-30(39)32-29(38)26-11-8-7-10-25(26)28(37)31(32,41-32)17-24(19-36)21(3)12-13-22-14-15-35-27(33)16-22/h7-8,10-11,14-16,23,34,36H,4-6,9,12-13,17-20H2,1-3H3,(H2,33,35)/b24-21-/t23-,31+,32+/m1/s1. The molecule has 2 aromatic rings. The van der Waals surface area contributed by atoms with E-state index in [4.69, 9.17) is 15.2 Å². The number of allylic oxidation sites excluding steroid dienone is 1.